The fourth-order valence-electron chi connectivity index (χ4n) is 20.4. The molecule has 0 amide bonds. The van der Waals surface area contributed by atoms with Gasteiger partial charge in [-0.15, -0.1) is 0 Å². The summed E-state index contributed by atoms with van der Waals surface area (Å²) >= 11 is 0. The number of rotatable bonds is 23. The lowest BCUT2D eigenvalue weighted by molar-refractivity contribution is -0.226. The molecule has 16 unspecified atom stereocenters. The maximum atomic E-state index is 12.4. The SMILES string of the molecule is CCC(C)(C)C(=O)O.CCC(C)(C)C(=O)O.CCC(C)(C)C(=O)OC1(C)CCc2ccccc21.CCC(C)(C)C(=O)OC1(CC)CCc2ccccc21.CCC(C)(C)C(=O)OC12CC3CC(CC(O)(C3)C1)C2.CCC(C)(C)C(=O)OC12CC3CC(CC(O)(C3)C1)C2.CCC(C)(C)C(=O)OC1C2CC3C(=O)OC1C3O2.CCC(C)(C)C(=O)OC1C2CC3C(=O)OC1C3O2. The summed E-state index contributed by atoms with van der Waals surface area (Å²) in [7, 11) is 0. The van der Waals surface area contributed by atoms with Crippen molar-refractivity contribution in [2.45, 2.75) is 436 Å². The molecule has 0 spiro atoms. The molecule has 24 heteroatoms. The van der Waals surface area contributed by atoms with Crippen LogP contribution in [0.3, 0.4) is 0 Å². The molecule has 12 bridgehead atoms. The van der Waals surface area contributed by atoms with Crippen LogP contribution in [0.2, 0.25) is 0 Å². The van der Waals surface area contributed by atoms with Crippen LogP contribution in [0.15, 0.2) is 48.5 Å². The van der Waals surface area contributed by atoms with E-state index in [1.165, 1.54) is 35.1 Å². The average molecular weight is 1780 g/mol. The zero-order chi connectivity index (χ0) is 95.0. The van der Waals surface area contributed by atoms with Gasteiger partial charge in [0.15, 0.2) is 24.4 Å². The van der Waals surface area contributed by atoms with Crippen LogP contribution in [0, 0.1) is 78.8 Å². The Morgan fingerprint density at radius 3 is 0.992 bits per heavy atom. The summed E-state index contributed by atoms with van der Waals surface area (Å²) in [4.78, 5) is 117. The summed E-state index contributed by atoms with van der Waals surface area (Å²) in [5.74, 6) is -0.736. The van der Waals surface area contributed by atoms with Gasteiger partial charge in [0.25, 0.3) is 0 Å². The summed E-state index contributed by atoms with van der Waals surface area (Å²) < 4.78 is 56.7. The molecule has 24 nitrogen and oxygen atoms in total. The minimum absolute atomic E-state index is 0.0754. The first-order chi connectivity index (χ1) is 58.7. The normalized spacial score (nSPS) is 32.9. The van der Waals surface area contributed by atoms with Gasteiger partial charge < -0.3 is 67.8 Å². The largest absolute Gasteiger partial charge is 0.481 e. The summed E-state index contributed by atoms with van der Waals surface area (Å²) in [6.07, 6.45) is 20.8. The highest BCUT2D eigenvalue weighted by Crippen LogP contribution is 2.62. The van der Waals surface area contributed by atoms with Crippen LogP contribution in [0.1, 0.15) is 363 Å². The molecule has 4 N–H and O–H groups in total. The van der Waals surface area contributed by atoms with E-state index < -0.39 is 102 Å². The first-order valence-electron chi connectivity index (χ1n) is 47.9. The van der Waals surface area contributed by atoms with Gasteiger partial charge >= 0.3 is 59.7 Å². The number of aliphatic carboxylic acids is 2. The average Bonchev–Trinajstić information content (AvgIpc) is 1.72. The van der Waals surface area contributed by atoms with E-state index in [0.717, 1.165) is 109 Å². The molecule has 6 heterocycles. The molecule has 16 atom stereocenters. The lowest BCUT2D eigenvalue weighted by atomic mass is 9.52. The second-order valence-corrected chi connectivity index (χ2v) is 45.2. The predicted molar refractivity (Wildman–Crippen MR) is 479 cm³/mol. The van der Waals surface area contributed by atoms with E-state index in [4.69, 9.17) is 57.6 Å². The third-order valence-corrected chi connectivity index (χ3v) is 32.1. The van der Waals surface area contributed by atoms with Crippen molar-refractivity contribution < 1.29 is 116 Å². The number of carbonyl (C=O) groups is 10. The quantitative estimate of drug-likeness (QED) is 0.0593. The molecule has 714 valence electrons. The van der Waals surface area contributed by atoms with Crippen molar-refractivity contribution >= 4 is 59.7 Å². The molecule has 16 aliphatic rings. The molecule has 14 fully saturated rings. The molecule has 6 saturated heterocycles. The van der Waals surface area contributed by atoms with Crippen molar-refractivity contribution in [1.82, 2.24) is 0 Å². The Labute approximate surface area is 757 Å². The number of carboxylic acid groups (broad SMARTS) is 2. The number of carbonyl (C=O) groups excluding carboxylic acids is 8. The number of carboxylic acids is 2. The molecule has 2 aromatic carbocycles. The van der Waals surface area contributed by atoms with Gasteiger partial charge in [0, 0.05) is 12.8 Å². The van der Waals surface area contributed by atoms with E-state index in [2.05, 4.69) is 37.3 Å². The van der Waals surface area contributed by atoms with Gasteiger partial charge in [-0.3, -0.25) is 47.9 Å². The van der Waals surface area contributed by atoms with Gasteiger partial charge in [-0.05, 0) is 324 Å². The molecule has 10 aliphatic carbocycles. The van der Waals surface area contributed by atoms with Crippen LogP contribution in [0.5, 0.6) is 0 Å². The van der Waals surface area contributed by atoms with E-state index in [9.17, 15) is 58.2 Å². The Bertz CT molecular complexity index is 4070. The predicted octanol–water partition coefficient (Wildman–Crippen LogP) is 19.3. The first-order valence-corrected chi connectivity index (χ1v) is 47.9. The van der Waals surface area contributed by atoms with E-state index in [1.807, 2.05) is 164 Å². The van der Waals surface area contributed by atoms with E-state index in [1.54, 1.807) is 27.7 Å². The number of aliphatic hydroxyl groups is 2. The third-order valence-electron chi connectivity index (χ3n) is 32.1. The minimum atomic E-state index is -0.722. The van der Waals surface area contributed by atoms with Crippen molar-refractivity contribution in [3.63, 3.8) is 0 Å². The fourth-order valence-corrected chi connectivity index (χ4v) is 20.4. The lowest BCUT2D eigenvalue weighted by Gasteiger charge is -2.59. The molecule has 6 aliphatic heterocycles. The monoisotopic (exact) mass is 1780 g/mol. The Hall–Kier alpha value is -7.02. The molecule has 2 aromatic rings. The Morgan fingerprint density at radius 1 is 0.378 bits per heavy atom. The van der Waals surface area contributed by atoms with Crippen molar-refractivity contribution in [2.24, 2.45) is 78.8 Å². The van der Waals surface area contributed by atoms with Crippen molar-refractivity contribution in [1.29, 1.82) is 0 Å². The number of fused-ring (bicyclic) bond motifs is 4. The summed E-state index contributed by atoms with van der Waals surface area (Å²) in [5.41, 5.74) is -1.39. The van der Waals surface area contributed by atoms with Crippen LogP contribution in [0.4, 0.5) is 0 Å². The van der Waals surface area contributed by atoms with E-state index >= 15 is 0 Å². The first kappa shape index (κ1) is 104. The Kier molecular flexibility index (Phi) is 31.9. The van der Waals surface area contributed by atoms with Crippen molar-refractivity contribution in [3.05, 3.63) is 70.8 Å². The third kappa shape index (κ3) is 23.0. The van der Waals surface area contributed by atoms with Crippen molar-refractivity contribution in [2.75, 3.05) is 0 Å². The zero-order valence-electron chi connectivity index (χ0n) is 81.7. The molecule has 18 rings (SSSR count). The number of aryl methyl sites for hydroxylation is 2. The van der Waals surface area contributed by atoms with Crippen LogP contribution in [-0.4, -0.2) is 151 Å². The summed E-state index contributed by atoms with van der Waals surface area (Å²) in [5, 5.41) is 38.2. The lowest BCUT2D eigenvalue weighted by Crippen LogP contribution is -2.61. The van der Waals surface area contributed by atoms with Crippen LogP contribution in [0.25, 0.3) is 0 Å². The number of hydrogen-bond donors (Lipinski definition) is 4. The highest BCUT2D eigenvalue weighted by atomic mass is 16.7. The Balaban J connectivity index is 0.000000166. The highest BCUT2D eigenvalue weighted by Gasteiger charge is 2.68. The van der Waals surface area contributed by atoms with Crippen LogP contribution in [-0.2, 0) is 119 Å². The standard InChI is InChI=1S/C17H24O2.2C16H26O3.C16H22O2.2C13H18O5.2C6H12O2/c1-5-16(3,4)15(18)19-17(6-2)12-11-13-9-7-8-10-14(13)17;2*1-4-14(2,3)13(17)19-16-8-11-5-12(9-16)7-15(18,6-11)10-16;1-5-15(2,3)14(17)18-16(4)11-10-12-8-6-7-9-13(12)16;2*1-4-13(2,3)12(15)18-9-7-5-6-8(16-7)10(9)17-11(6)14;2*1-4-6(2,3)5(7)8/h7-10H,5-6,11-12H2,1-4H3;2*11-12,18H,4-10H2,1-3H3;6-9H,5,10-11H2,1-4H3;2*6-10H,4-5H2,1-3H3;2*4H2,1-3H3,(H,7,8). The molecule has 127 heavy (non-hydrogen) atoms. The second kappa shape index (κ2) is 39.0. The van der Waals surface area contributed by atoms with E-state index in [0.29, 0.717) is 75.0 Å². The minimum Gasteiger partial charge on any atom is -0.481 e. The van der Waals surface area contributed by atoms with Gasteiger partial charge in [0.2, 0.25) is 0 Å². The van der Waals surface area contributed by atoms with Crippen LogP contribution < -0.4 is 0 Å². The van der Waals surface area contributed by atoms with Gasteiger partial charge in [0.1, 0.15) is 34.6 Å². The topological polar surface area (TPSA) is 344 Å². The fraction of sp³-hybridized carbons (Fsp3) is 0.786. The smallest absolute Gasteiger partial charge is 0.312 e. The number of hydrogen-bond acceptors (Lipinski definition) is 22. The van der Waals surface area contributed by atoms with Gasteiger partial charge in [-0.25, -0.2) is 0 Å². The molecule has 8 saturated carbocycles. The highest BCUT2D eigenvalue weighted by molar-refractivity contribution is 5.81. The second-order valence-electron chi connectivity index (χ2n) is 45.2. The molecular weight excluding hydrogens is 1620 g/mol. The molecular formula is C103H158O24. The summed E-state index contributed by atoms with van der Waals surface area (Å²) in [6, 6.07) is 16.6. The number of benzene rings is 2. The van der Waals surface area contributed by atoms with Gasteiger partial charge in [-0.2, -0.15) is 0 Å². The maximum Gasteiger partial charge on any atom is 0.312 e. The summed E-state index contributed by atoms with van der Waals surface area (Å²) in [6.45, 7) is 49.8. The van der Waals surface area contributed by atoms with Gasteiger partial charge in [0.05, 0.1) is 78.6 Å². The molecule has 0 aromatic heterocycles. The van der Waals surface area contributed by atoms with E-state index in [-0.39, 0.29) is 95.2 Å². The zero-order valence-corrected chi connectivity index (χ0v) is 81.7. The maximum absolute atomic E-state index is 12.4. The number of esters is 8. The van der Waals surface area contributed by atoms with Gasteiger partial charge in [-0.1, -0.05) is 111 Å². The van der Waals surface area contributed by atoms with Crippen molar-refractivity contribution in [3.8, 4) is 0 Å². The van der Waals surface area contributed by atoms with Crippen LogP contribution >= 0.6 is 0 Å². The Morgan fingerprint density at radius 2 is 0.677 bits per heavy atom. The number of ether oxygens (including phenoxy) is 10. The molecule has 0 radical (unpaired) electrons.